The first kappa shape index (κ1) is 14.0. The van der Waals surface area contributed by atoms with Gasteiger partial charge in [-0.05, 0) is 42.3 Å². The number of nitrogens with zero attached hydrogens (tertiary/aromatic N) is 2. The van der Waals surface area contributed by atoms with Crippen LogP contribution in [0.5, 0.6) is 0 Å². The molecule has 0 unspecified atom stereocenters. The highest BCUT2D eigenvalue weighted by molar-refractivity contribution is 9.10. The molecule has 6 heteroatoms. The Bertz CT molecular complexity index is 704. The minimum absolute atomic E-state index is 0.153. The largest absolute Gasteiger partial charge is 0.477 e. The van der Waals surface area contributed by atoms with Gasteiger partial charge in [-0.1, -0.05) is 22.0 Å². The van der Waals surface area contributed by atoms with Crippen molar-refractivity contribution in [1.29, 1.82) is 0 Å². The number of aromatic nitrogens is 2. The average molecular weight is 349 g/mol. The van der Waals surface area contributed by atoms with Crippen molar-refractivity contribution in [3.8, 4) is 5.69 Å². The van der Waals surface area contributed by atoms with Gasteiger partial charge in [0, 0.05) is 4.47 Å². The molecule has 1 N–H and O–H groups in total. The standard InChI is InChI=1S/C15H13BrN2O3/c16-11-1-3-12(4-2-11)18-14(15(19)20)9-13(17-18)10-5-7-21-8-6-10/h1-5,9H,6-8H2,(H,19,20). The number of ether oxygens (including phenoxy) is 1. The van der Waals surface area contributed by atoms with E-state index >= 15 is 0 Å². The Labute approximate surface area is 130 Å². The van der Waals surface area contributed by atoms with E-state index in [1.165, 1.54) is 4.68 Å². The number of hydrogen-bond acceptors (Lipinski definition) is 3. The number of aromatic carboxylic acids is 1. The fourth-order valence-electron chi connectivity index (χ4n) is 2.23. The summed E-state index contributed by atoms with van der Waals surface area (Å²) < 4.78 is 7.66. The maximum absolute atomic E-state index is 11.4. The molecule has 0 aliphatic carbocycles. The lowest BCUT2D eigenvalue weighted by molar-refractivity contribution is 0.0687. The quantitative estimate of drug-likeness (QED) is 0.925. The summed E-state index contributed by atoms with van der Waals surface area (Å²) in [5, 5.41) is 13.8. The van der Waals surface area contributed by atoms with Crippen molar-refractivity contribution in [2.75, 3.05) is 13.2 Å². The molecule has 0 amide bonds. The molecule has 0 atom stereocenters. The number of rotatable bonds is 3. The first-order valence-electron chi connectivity index (χ1n) is 6.51. The van der Waals surface area contributed by atoms with Gasteiger partial charge in [-0.25, -0.2) is 9.48 Å². The molecule has 5 nitrogen and oxygen atoms in total. The van der Waals surface area contributed by atoms with Crippen molar-refractivity contribution < 1.29 is 14.6 Å². The lowest BCUT2D eigenvalue weighted by Crippen LogP contribution is -2.08. The zero-order valence-electron chi connectivity index (χ0n) is 11.1. The molecule has 108 valence electrons. The summed E-state index contributed by atoms with van der Waals surface area (Å²) in [5.41, 5.74) is 2.59. The second-order valence-corrected chi connectivity index (χ2v) is 5.58. The van der Waals surface area contributed by atoms with Crippen LogP contribution in [0, 0.1) is 0 Å². The summed E-state index contributed by atoms with van der Waals surface area (Å²) >= 11 is 3.36. The van der Waals surface area contributed by atoms with Crippen molar-refractivity contribution in [1.82, 2.24) is 9.78 Å². The number of benzene rings is 1. The smallest absolute Gasteiger partial charge is 0.354 e. The molecule has 1 aliphatic rings. The van der Waals surface area contributed by atoms with E-state index in [0.29, 0.717) is 18.9 Å². The van der Waals surface area contributed by atoms with Crippen molar-refractivity contribution in [2.45, 2.75) is 6.42 Å². The van der Waals surface area contributed by atoms with Crippen LogP contribution in [0.1, 0.15) is 22.6 Å². The van der Waals surface area contributed by atoms with Gasteiger partial charge >= 0.3 is 5.97 Å². The Hall–Kier alpha value is -1.92. The minimum Gasteiger partial charge on any atom is -0.477 e. The van der Waals surface area contributed by atoms with Gasteiger partial charge in [0.25, 0.3) is 0 Å². The Balaban J connectivity index is 2.06. The topological polar surface area (TPSA) is 64.3 Å². The van der Waals surface area contributed by atoms with Crippen LogP contribution in [0.2, 0.25) is 0 Å². The van der Waals surface area contributed by atoms with Gasteiger partial charge in [0.05, 0.1) is 24.6 Å². The minimum atomic E-state index is -0.996. The van der Waals surface area contributed by atoms with E-state index in [2.05, 4.69) is 21.0 Å². The van der Waals surface area contributed by atoms with E-state index < -0.39 is 5.97 Å². The summed E-state index contributed by atoms with van der Waals surface area (Å²) in [7, 11) is 0. The first-order valence-corrected chi connectivity index (χ1v) is 7.31. The summed E-state index contributed by atoms with van der Waals surface area (Å²) in [6, 6.07) is 8.98. The highest BCUT2D eigenvalue weighted by atomic mass is 79.9. The predicted octanol–water partition coefficient (Wildman–Crippen LogP) is 3.14. The fourth-order valence-corrected chi connectivity index (χ4v) is 2.49. The maximum Gasteiger partial charge on any atom is 0.354 e. The molecule has 0 radical (unpaired) electrons. The Morgan fingerprint density at radius 3 is 2.71 bits per heavy atom. The highest BCUT2D eigenvalue weighted by Gasteiger charge is 2.18. The van der Waals surface area contributed by atoms with Gasteiger partial charge in [0.2, 0.25) is 0 Å². The number of carboxylic acids is 1. The van der Waals surface area contributed by atoms with Crippen LogP contribution in [0.15, 0.2) is 40.9 Å². The molecule has 0 bridgehead atoms. The molecule has 1 aromatic carbocycles. The van der Waals surface area contributed by atoms with E-state index in [4.69, 9.17) is 4.74 Å². The highest BCUT2D eigenvalue weighted by Crippen LogP contribution is 2.23. The SMILES string of the molecule is O=C(O)c1cc(C2=CCOCC2)nn1-c1ccc(Br)cc1. The Kier molecular flexibility index (Phi) is 3.90. The van der Waals surface area contributed by atoms with E-state index in [-0.39, 0.29) is 5.69 Å². The second-order valence-electron chi connectivity index (χ2n) is 4.66. The monoisotopic (exact) mass is 348 g/mol. The predicted molar refractivity (Wildman–Crippen MR) is 81.6 cm³/mol. The van der Waals surface area contributed by atoms with E-state index in [1.807, 2.05) is 30.3 Å². The van der Waals surface area contributed by atoms with Gasteiger partial charge in [-0.15, -0.1) is 0 Å². The third-order valence-corrected chi connectivity index (χ3v) is 3.82. The second kappa shape index (κ2) is 5.83. The zero-order valence-corrected chi connectivity index (χ0v) is 12.7. The number of carboxylic acid groups (broad SMARTS) is 1. The number of halogens is 1. The number of carbonyl (C=O) groups is 1. The summed E-state index contributed by atoms with van der Waals surface area (Å²) in [6.45, 7) is 1.18. The molecule has 2 heterocycles. The molecule has 3 rings (SSSR count). The summed E-state index contributed by atoms with van der Waals surface area (Å²) in [5.74, 6) is -0.996. The lowest BCUT2D eigenvalue weighted by Gasteiger charge is -2.11. The van der Waals surface area contributed by atoms with E-state index in [9.17, 15) is 9.90 Å². The van der Waals surface area contributed by atoms with Crippen LogP contribution in [0.4, 0.5) is 0 Å². The van der Waals surface area contributed by atoms with Crippen molar-refractivity contribution in [3.63, 3.8) is 0 Å². The summed E-state index contributed by atoms with van der Waals surface area (Å²) in [4.78, 5) is 11.4. The number of hydrogen-bond donors (Lipinski definition) is 1. The van der Waals surface area contributed by atoms with Crippen LogP contribution in [-0.2, 0) is 4.74 Å². The molecule has 1 aromatic heterocycles. The van der Waals surface area contributed by atoms with Gasteiger partial charge in [0.15, 0.2) is 5.69 Å². The van der Waals surface area contributed by atoms with Crippen LogP contribution >= 0.6 is 15.9 Å². The molecule has 0 spiro atoms. The maximum atomic E-state index is 11.4. The Morgan fingerprint density at radius 1 is 1.33 bits per heavy atom. The van der Waals surface area contributed by atoms with E-state index in [0.717, 1.165) is 22.2 Å². The molecule has 21 heavy (non-hydrogen) atoms. The third kappa shape index (κ3) is 2.91. The summed E-state index contributed by atoms with van der Waals surface area (Å²) in [6.07, 6.45) is 2.69. The van der Waals surface area contributed by atoms with Gasteiger partial charge in [-0.3, -0.25) is 0 Å². The molecule has 0 saturated carbocycles. The van der Waals surface area contributed by atoms with Gasteiger partial charge in [-0.2, -0.15) is 5.10 Å². The van der Waals surface area contributed by atoms with Gasteiger partial charge in [0.1, 0.15) is 0 Å². The first-order chi connectivity index (χ1) is 10.1. The van der Waals surface area contributed by atoms with E-state index in [1.54, 1.807) is 6.07 Å². The van der Waals surface area contributed by atoms with Crippen LogP contribution in [0.25, 0.3) is 11.3 Å². The van der Waals surface area contributed by atoms with Gasteiger partial charge < -0.3 is 9.84 Å². The molecular formula is C15H13BrN2O3. The fraction of sp³-hybridized carbons (Fsp3) is 0.200. The normalized spacial score (nSPS) is 14.8. The molecular weight excluding hydrogens is 336 g/mol. The molecule has 0 fully saturated rings. The van der Waals surface area contributed by atoms with Crippen LogP contribution < -0.4 is 0 Å². The molecule has 2 aromatic rings. The van der Waals surface area contributed by atoms with Crippen LogP contribution in [-0.4, -0.2) is 34.1 Å². The third-order valence-electron chi connectivity index (χ3n) is 3.29. The van der Waals surface area contributed by atoms with Crippen molar-refractivity contribution >= 4 is 27.5 Å². The average Bonchev–Trinajstić information content (AvgIpc) is 2.94. The molecule has 1 aliphatic heterocycles. The molecule has 0 saturated heterocycles. The lowest BCUT2D eigenvalue weighted by atomic mass is 10.1. The Morgan fingerprint density at radius 2 is 2.10 bits per heavy atom. The van der Waals surface area contributed by atoms with Crippen molar-refractivity contribution in [3.05, 3.63) is 52.3 Å². The zero-order chi connectivity index (χ0) is 14.8. The van der Waals surface area contributed by atoms with Crippen LogP contribution in [0.3, 0.4) is 0 Å². The van der Waals surface area contributed by atoms with Crippen molar-refractivity contribution in [2.24, 2.45) is 0 Å².